The number of rotatable bonds is 5. The highest BCUT2D eigenvalue weighted by molar-refractivity contribution is 5.89. The van der Waals surface area contributed by atoms with Gasteiger partial charge >= 0.3 is 6.09 Å². The summed E-state index contributed by atoms with van der Waals surface area (Å²) in [6.45, 7) is 1.42. The van der Waals surface area contributed by atoms with Gasteiger partial charge in [0.1, 0.15) is 6.61 Å². The van der Waals surface area contributed by atoms with E-state index in [4.69, 9.17) is 4.74 Å². The second kappa shape index (κ2) is 7.20. The van der Waals surface area contributed by atoms with Crippen molar-refractivity contribution < 1.29 is 14.3 Å². The first-order valence-electron chi connectivity index (χ1n) is 9.10. The Morgan fingerprint density at radius 2 is 1.96 bits per heavy atom. The predicted molar refractivity (Wildman–Crippen MR) is 99.2 cm³/mol. The number of carbonyl (C=O) groups excluding carboxylic acids is 2. The first kappa shape index (κ1) is 16.6. The highest BCUT2D eigenvalue weighted by Gasteiger charge is 2.23. The molecule has 0 spiro atoms. The molecule has 0 saturated carbocycles. The number of hydrogen-bond acceptors (Lipinski definition) is 3. The van der Waals surface area contributed by atoms with Gasteiger partial charge in [0, 0.05) is 12.2 Å². The highest BCUT2D eigenvalue weighted by atomic mass is 16.6. The van der Waals surface area contributed by atoms with Crippen LogP contribution in [0.2, 0.25) is 0 Å². The second-order valence-corrected chi connectivity index (χ2v) is 6.85. The van der Waals surface area contributed by atoms with Crippen LogP contribution in [0.3, 0.4) is 0 Å². The SMILES string of the molecule is O=C(Cc1ccc2c(c1)CCC2)NCc1cccc(N2CCOC2=O)c1. The van der Waals surface area contributed by atoms with Crippen molar-refractivity contribution in [1.29, 1.82) is 0 Å². The minimum Gasteiger partial charge on any atom is -0.447 e. The molecule has 26 heavy (non-hydrogen) atoms. The molecule has 2 aliphatic rings. The number of hydrogen-bond donors (Lipinski definition) is 1. The normalized spacial score (nSPS) is 15.7. The van der Waals surface area contributed by atoms with Crippen LogP contribution < -0.4 is 10.2 Å². The zero-order chi connectivity index (χ0) is 17.9. The topological polar surface area (TPSA) is 58.6 Å². The number of aryl methyl sites for hydroxylation is 2. The molecule has 134 valence electrons. The Hall–Kier alpha value is -2.82. The number of ether oxygens (including phenoxy) is 1. The third-order valence-electron chi connectivity index (χ3n) is 5.00. The monoisotopic (exact) mass is 350 g/mol. The van der Waals surface area contributed by atoms with Crippen LogP contribution in [0.5, 0.6) is 0 Å². The number of nitrogens with one attached hydrogen (secondary N) is 1. The molecular weight excluding hydrogens is 328 g/mol. The van der Waals surface area contributed by atoms with Gasteiger partial charge in [-0.2, -0.15) is 0 Å². The Bertz CT molecular complexity index is 847. The number of amides is 2. The van der Waals surface area contributed by atoms with Crippen LogP contribution in [-0.2, 0) is 35.3 Å². The summed E-state index contributed by atoms with van der Waals surface area (Å²) in [5.74, 6) is 0.00827. The maximum Gasteiger partial charge on any atom is 0.414 e. The van der Waals surface area contributed by atoms with Gasteiger partial charge < -0.3 is 10.1 Å². The molecule has 4 rings (SSSR count). The van der Waals surface area contributed by atoms with Gasteiger partial charge in [0.15, 0.2) is 0 Å². The fraction of sp³-hybridized carbons (Fsp3) is 0.333. The van der Waals surface area contributed by atoms with Crippen LogP contribution in [0, 0.1) is 0 Å². The molecule has 1 aliphatic heterocycles. The van der Waals surface area contributed by atoms with Crippen LogP contribution in [-0.4, -0.2) is 25.2 Å². The molecule has 2 amide bonds. The molecule has 1 saturated heterocycles. The molecule has 0 aromatic heterocycles. The van der Waals surface area contributed by atoms with Gasteiger partial charge in [-0.15, -0.1) is 0 Å². The predicted octanol–water partition coefficient (Wildman–Crippen LogP) is 2.99. The lowest BCUT2D eigenvalue weighted by Crippen LogP contribution is -2.25. The average Bonchev–Trinajstić information content (AvgIpc) is 3.28. The molecule has 1 N–H and O–H groups in total. The van der Waals surface area contributed by atoms with Gasteiger partial charge in [-0.3, -0.25) is 9.69 Å². The van der Waals surface area contributed by atoms with E-state index in [1.807, 2.05) is 24.3 Å². The number of benzene rings is 2. The van der Waals surface area contributed by atoms with Crippen LogP contribution in [0.25, 0.3) is 0 Å². The van der Waals surface area contributed by atoms with Gasteiger partial charge in [-0.05, 0) is 53.6 Å². The van der Waals surface area contributed by atoms with Crippen LogP contribution in [0.1, 0.15) is 28.7 Å². The van der Waals surface area contributed by atoms with Crippen molar-refractivity contribution in [2.45, 2.75) is 32.2 Å². The van der Waals surface area contributed by atoms with Crippen molar-refractivity contribution in [2.75, 3.05) is 18.1 Å². The Balaban J connectivity index is 1.35. The quantitative estimate of drug-likeness (QED) is 0.902. The minimum atomic E-state index is -0.317. The first-order chi connectivity index (χ1) is 12.7. The molecule has 2 aromatic rings. The number of anilines is 1. The van der Waals surface area contributed by atoms with Crippen LogP contribution in [0.15, 0.2) is 42.5 Å². The molecule has 0 unspecified atom stereocenters. The molecule has 0 atom stereocenters. The fourth-order valence-electron chi connectivity index (χ4n) is 3.65. The molecule has 1 aliphatic carbocycles. The van der Waals surface area contributed by atoms with E-state index < -0.39 is 0 Å². The Morgan fingerprint density at radius 3 is 2.81 bits per heavy atom. The van der Waals surface area contributed by atoms with Crippen molar-refractivity contribution in [2.24, 2.45) is 0 Å². The lowest BCUT2D eigenvalue weighted by atomic mass is 10.0. The summed E-state index contributed by atoms with van der Waals surface area (Å²) in [5.41, 5.74) is 5.64. The van der Waals surface area contributed by atoms with E-state index in [0.717, 1.165) is 29.7 Å². The average molecular weight is 350 g/mol. The number of fused-ring (bicyclic) bond motifs is 1. The van der Waals surface area contributed by atoms with Gasteiger partial charge in [-0.1, -0.05) is 30.3 Å². The summed E-state index contributed by atoms with van der Waals surface area (Å²) in [6.07, 6.45) is 3.57. The Labute approximate surface area is 153 Å². The summed E-state index contributed by atoms with van der Waals surface area (Å²) in [4.78, 5) is 25.6. The maximum atomic E-state index is 12.3. The van der Waals surface area contributed by atoms with E-state index in [-0.39, 0.29) is 12.0 Å². The third kappa shape index (κ3) is 3.57. The van der Waals surface area contributed by atoms with E-state index >= 15 is 0 Å². The minimum absolute atomic E-state index is 0.00827. The number of cyclic esters (lactones) is 1. The van der Waals surface area contributed by atoms with Crippen molar-refractivity contribution in [3.8, 4) is 0 Å². The van der Waals surface area contributed by atoms with Crippen LogP contribution in [0.4, 0.5) is 10.5 Å². The first-order valence-corrected chi connectivity index (χ1v) is 9.10. The fourth-order valence-corrected chi connectivity index (χ4v) is 3.65. The van der Waals surface area contributed by atoms with Gasteiger partial charge in [-0.25, -0.2) is 4.79 Å². The van der Waals surface area contributed by atoms with Gasteiger partial charge in [0.25, 0.3) is 0 Å². The maximum absolute atomic E-state index is 12.3. The number of carbonyl (C=O) groups is 2. The lowest BCUT2D eigenvalue weighted by molar-refractivity contribution is -0.120. The summed E-state index contributed by atoms with van der Waals surface area (Å²) < 4.78 is 4.97. The second-order valence-electron chi connectivity index (χ2n) is 6.85. The van der Waals surface area contributed by atoms with Crippen LogP contribution >= 0.6 is 0 Å². The van der Waals surface area contributed by atoms with Gasteiger partial charge in [0.05, 0.1) is 13.0 Å². The molecule has 5 heteroatoms. The Kier molecular flexibility index (Phi) is 4.61. The molecule has 1 fully saturated rings. The zero-order valence-electron chi connectivity index (χ0n) is 14.7. The zero-order valence-corrected chi connectivity index (χ0v) is 14.7. The summed E-state index contributed by atoms with van der Waals surface area (Å²) >= 11 is 0. The van der Waals surface area contributed by atoms with Crippen molar-refractivity contribution in [3.63, 3.8) is 0 Å². The molecule has 1 heterocycles. The molecule has 0 bridgehead atoms. The summed E-state index contributed by atoms with van der Waals surface area (Å²) in [7, 11) is 0. The standard InChI is InChI=1S/C21H22N2O3/c24-20(13-15-7-8-17-4-2-5-18(17)11-15)22-14-16-3-1-6-19(12-16)23-9-10-26-21(23)25/h1,3,6-8,11-12H,2,4-5,9-10,13-14H2,(H,22,24). The molecule has 2 aromatic carbocycles. The molecular formula is C21H22N2O3. The lowest BCUT2D eigenvalue weighted by Gasteiger charge is -2.14. The molecule has 0 radical (unpaired) electrons. The van der Waals surface area contributed by atoms with E-state index in [9.17, 15) is 9.59 Å². The highest BCUT2D eigenvalue weighted by Crippen LogP contribution is 2.23. The van der Waals surface area contributed by atoms with E-state index in [1.165, 1.54) is 17.5 Å². The smallest absolute Gasteiger partial charge is 0.414 e. The van der Waals surface area contributed by atoms with E-state index in [1.54, 1.807) is 4.90 Å². The van der Waals surface area contributed by atoms with E-state index in [0.29, 0.717) is 26.1 Å². The van der Waals surface area contributed by atoms with Gasteiger partial charge in [0.2, 0.25) is 5.91 Å². The Morgan fingerprint density at radius 1 is 1.08 bits per heavy atom. The summed E-state index contributed by atoms with van der Waals surface area (Å²) in [5, 5.41) is 2.97. The van der Waals surface area contributed by atoms with Crippen molar-refractivity contribution in [1.82, 2.24) is 5.32 Å². The molecule has 5 nitrogen and oxygen atoms in total. The van der Waals surface area contributed by atoms with Crippen molar-refractivity contribution in [3.05, 3.63) is 64.7 Å². The number of nitrogens with zero attached hydrogens (tertiary/aromatic N) is 1. The van der Waals surface area contributed by atoms with Crippen molar-refractivity contribution >= 4 is 17.7 Å². The third-order valence-corrected chi connectivity index (χ3v) is 5.00. The van der Waals surface area contributed by atoms with E-state index in [2.05, 4.69) is 23.5 Å². The largest absolute Gasteiger partial charge is 0.447 e. The summed E-state index contributed by atoms with van der Waals surface area (Å²) in [6, 6.07) is 14.0.